The van der Waals surface area contributed by atoms with Gasteiger partial charge in [0.2, 0.25) is 0 Å². The molecule has 2 heterocycles. The fraction of sp³-hybridized carbons (Fsp3) is 0.600. The normalized spacial score (nSPS) is 24.0. The van der Waals surface area contributed by atoms with Crippen molar-refractivity contribution in [2.45, 2.75) is 64.3 Å². The molecule has 0 bridgehead atoms. The van der Waals surface area contributed by atoms with E-state index in [9.17, 15) is 0 Å². The maximum atomic E-state index is 5.91. The van der Waals surface area contributed by atoms with Crippen molar-refractivity contribution < 1.29 is 9.47 Å². The molecule has 1 aliphatic heterocycles. The highest BCUT2D eigenvalue weighted by molar-refractivity contribution is 5.52. The fourth-order valence-electron chi connectivity index (χ4n) is 4.92. The number of aromatic nitrogens is 3. The topological polar surface area (TPSA) is 52.4 Å². The molecular formula is C25H30N4O2. The summed E-state index contributed by atoms with van der Waals surface area (Å²) in [5.74, 6) is 8.31. The van der Waals surface area contributed by atoms with E-state index in [4.69, 9.17) is 9.47 Å². The van der Waals surface area contributed by atoms with Crippen molar-refractivity contribution in [3.8, 4) is 11.8 Å². The third-order valence-corrected chi connectivity index (χ3v) is 7.29. The standard InChI is InChI=1S/C25H30N4O2/c1-17-11-19(6-5-18-3-4-18)12-20-7-8-21(24(17)20)28(2)22-13-29(27-26-22)14-23-30-15-25(9-10-25)16-31-23/h11-13,18,21,23H,3-4,7-10,14-16H2,1-2H3. The van der Waals surface area contributed by atoms with E-state index in [2.05, 4.69) is 53.2 Å². The molecule has 31 heavy (non-hydrogen) atoms. The average molecular weight is 419 g/mol. The first-order valence-corrected chi connectivity index (χ1v) is 11.6. The molecule has 3 aliphatic carbocycles. The number of rotatable bonds is 4. The molecule has 2 saturated carbocycles. The third-order valence-electron chi connectivity index (χ3n) is 7.29. The Bertz CT molecular complexity index is 1050. The molecule has 162 valence electrons. The van der Waals surface area contributed by atoms with Gasteiger partial charge in [0.25, 0.3) is 0 Å². The second kappa shape index (κ2) is 7.36. The highest BCUT2D eigenvalue weighted by Gasteiger charge is 2.47. The van der Waals surface area contributed by atoms with Gasteiger partial charge in [-0.05, 0) is 74.3 Å². The van der Waals surface area contributed by atoms with Gasteiger partial charge in [0.15, 0.2) is 12.1 Å². The minimum absolute atomic E-state index is 0.226. The first-order valence-electron chi connectivity index (χ1n) is 11.6. The Morgan fingerprint density at radius 3 is 2.74 bits per heavy atom. The van der Waals surface area contributed by atoms with Gasteiger partial charge in [-0.25, -0.2) is 4.68 Å². The van der Waals surface area contributed by atoms with Crippen LogP contribution in [0.5, 0.6) is 0 Å². The van der Waals surface area contributed by atoms with E-state index in [1.165, 1.54) is 42.4 Å². The maximum Gasteiger partial charge on any atom is 0.177 e. The molecule has 6 nitrogen and oxygen atoms in total. The van der Waals surface area contributed by atoms with Crippen molar-refractivity contribution in [1.29, 1.82) is 0 Å². The largest absolute Gasteiger partial charge is 0.350 e. The summed E-state index contributed by atoms with van der Waals surface area (Å²) < 4.78 is 13.7. The van der Waals surface area contributed by atoms with Crippen molar-refractivity contribution in [2.24, 2.45) is 11.3 Å². The Hall–Kier alpha value is -2.36. The number of nitrogens with zero attached hydrogens (tertiary/aromatic N) is 4. The Balaban J connectivity index is 1.15. The van der Waals surface area contributed by atoms with E-state index in [-0.39, 0.29) is 6.29 Å². The summed E-state index contributed by atoms with van der Waals surface area (Å²) in [6.07, 6.45) is 8.96. The molecule has 0 amide bonds. The summed E-state index contributed by atoms with van der Waals surface area (Å²) in [4.78, 5) is 2.26. The molecule has 1 saturated heterocycles. The summed E-state index contributed by atoms with van der Waals surface area (Å²) in [5.41, 5.74) is 5.68. The van der Waals surface area contributed by atoms with Gasteiger partial charge in [-0.3, -0.25) is 0 Å². The highest BCUT2D eigenvalue weighted by atomic mass is 16.7. The smallest absolute Gasteiger partial charge is 0.177 e. The van der Waals surface area contributed by atoms with Crippen molar-refractivity contribution in [3.05, 3.63) is 40.6 Å². The first-order chi connectivity index (χ1) is 15.1. The SMILES string of the molecule is Cc1cc(C#CC2CC2)cc2c1C(N(C)c1cn(CC3OCC4(CC4)CO3)nn1)CC2. The Labute approximate surface area is 183 Å². The van der Waals surface area contributed by atoms with Gasteiger partial charge in [-0.15, -0.1) is 5.10 Å². The number of hydrogen-bond acceptors (Lipinski definition) is 5. The zero-order chi connectivity index (χ0) is 21.0. The van der Waals surface area contributed by atoms with Crippen LogP contribution in [0.1, 0.15) is 60.4 Å². The van der Waals surface area contributed by atoms with Crippen LogP contribution in [0, 0.1) is 30.1 Å². The molecule has 6 rings (SSSR count). The van der Waals surface area contributed by atoms with Crippen molar-refractivity contribution in [1.82, 2.24) is 15.0 Å². The van der Waals surface area contributed by atoms with Crippen LogP contribution in [0.3, 0.4) is 0 Å². The van der Waals surface area contributed by atoms with Crippen molar-refractivity contribution in [3.63, 3.8) is 0 Å². The minimum Gasteiger partial charge on any atom is -0.350 e. The van der Waals surface area contributed by atoms with Gasteiger partial charge in [0, 0.05) is 23.9 Å². The van der Waals surface area contributed by atoms with Gasteiger partial charge in [0.05, 0.1) is 32.0 Å². The highest BCUT2D eigenvalue weighted by Crippen LogP contribution is 2.48. The Kier molecular flexibility index (Phi) is 4.59. The molecule has 1 unspecified atom stereocenters. The van der Waals surface area contributed by atoms with Crippen LogP contribution in [0.4, 0.5) is 5.82 Å². The number of hydrogen-bond donors (Lipinski definition) is 0. The predicted octanol–water partition coefficient (Wildman–Crippen LogP) is 3.62. The van der Waals surface area contributed by atoms with Crippen molar-refractivity contribution >= 4 is 5.82 Å². The van der Waals surface area contributed by atoms with Crippen LogP contribution in [0.15, 0.2) is 18.3 Å². The van der Waals surface area contributed by atoms with Gasteiger partial charge < -0.3 is 14.4 Å². The summed E-state index contributed by atoms with van der Waals surface area (Å²) >= 11 is 0. The molecule has 1 aromatic carbocycles. The van der Waals surface area contributed by atoms with Gasteiger partial charge in [-0.1, -0.05) is 17.1 Å². The van der Waals surface area contributed by atoms with E-state index < -0.39 is 0 Å². The molecule has 1 spiro atoms. The molecule has 1 atom stereocenters. The van der Waals surface area contributed by atoms with Crippen LogP contribution >= 0.6 is 0 Å². The van der Waals surface area contributed by atoms with Crippen LogP contribution in [0.2, 0.25) is 0 Å². The number of ether oxygens (including phenoxy) is 2. The van der Waals surface area contributed by atoms with Gasteiger partial charge in [-0.2, -0.15) is 0 Å². The first kappa shape index (κ1) is 19.3. The molecule has 2 aromatic rings. The van der Waals surface area contributed by atoms with Crippen LogP contribution in [-0.2, 0) is 22.4 Å². The van der Waals surface area contributed by atoms with Gasteiger partial charge >= 0.3 is 0 Å². The fourth-order valence-corrected chi connectivity index (χ4v) is 4.92. The van der Waals surface area contributed by atoms with E-state index in [0.717, 1.165) is 37.4 Å². The predicted molar refractivity (Wildman–Crippen MR) is 118 cm³/mol. The summed E-state index contributed by atoms with van der Waals surface area (Å²) in [7, 11) is 2.12. The van der Waals surface area contributed by atoms with E-state index >= 15 is 0 Å². The molecule has 3 fully saturated rings. The Morgan fingerprint density at radius 1 is 1.19 bits per heavy atom. The molecule has 0 N–H and O–H groups in total. The van der Waals surface area contributed by atoms with E-state index in [1.54, 1.807) is 0 Å². The summed E-state index contributed by atoms with van der Waals surface area (Å²) in [6, 6.07) is 4.87. The van der Waals surface area contributed by atoms with Crippen LogP contribution < -0.4 is 4.90 Å². The number of anilines is 1. The number of fused-ring (bicyclic) bond motifs is 1. The van der Waals surface area contributed by atoms with Gasteiger partial charge in [0.1, 0.15) is 0 Å². The monoisotopic (exact) mass is 418 g/mol. The van der Waals surface area contributed by atoms with Crippen LogP contribution in [0.25, 0.3) is 0 Å². The lowest BCUT2D eigenvalue weighted by molar-refractivity contribution is -0.213. The minimum atomic E-state index is -0.226. The molecule has 6 heteroatoms. The van der Waals surface area contributed by atoms with Crippen LogP contribution in [-0.4, -0.2) is 41.5 Å². The van der Waals surface area contributed by atoms with E-state index in [0.29, 0.717) is 23.9 Å². The second-order valence-electron chi connectivity index (χ2n) is 9.93. The molecule has 4 aliphatic rings. The summed E-state index contributed by atoms with van der Waals surface area (Å²) in [5, 5.41) is 8.79. The number of aryl methyl sites for hydroxylation is 2. The quantitative estimate of drug-likeness (QED) is 0.710. The lowest BCUT2D eigenvalue weighted by Crippen LogP contribution is -2.36. The summed E-state index contributed by atoms with van der Waals surface area (Å²) in [6.45, 7) is 4.42. The lowest BCUT2D eigenvalue weighted by Gasteiger charge is -2.29. The zero-order valence-electron chi connectivity index (χ0n) is 18.4. The van der Waals surface area contributed by atoms with E-state index in [1.807, 2.05) is 10.9 Å². The molecule has 0 radical (unpaired) electrons. The molecule has 1 aromatic heterocycles. The number of benzene rings is 1. The van der Waals surface area contributed by atoms with Crippen molar-refractivity contribution in [2.75, 3.05) is 25.2 Å². The molecular weight excluding hydrogens is 388 g/mol. The average Bonchev–Trinajstić information content (AvgIpc) is 3.65. The Morgan fingerprint density at radius 2 is 2.00 bits per heavy atom. The lowest BCUT2D eigenvalue weighted by atomic mass is 9.98. The third kappa shape index (κ3) is 3.86. The second-order valence-corrected chi connectivity index (χ2v) is 9.93. The zero-order valence-corrected chi connectivity index (χ0v) is 18.4. The maximum absolute atomic E-state index is 5.91.